The molecule has 0 amide bonds. The van der Waals surface area contributed by atoms with Crippen LogP contribution in [0.1, 0.15) is 26.3 Å². The predicted molar refractivity (Wildman–Crippen MR) is 125 cm³/mol. The molecule has 0 saturated heterocycles. The van der Waals surface area contributed by atoms with Crippen molar-refractivity contribution in [3.05, 3.63) is 94.1 Å². The Labute approximate surface area is 190 Å². The first kappa shape index (κ1) is 21.5. The van der Waals surface area contributed by atoms with Crippen molar-refractivity contribution in [2.24, 2.45) is 0 Å². The zero-order valence-corrected chi connectivity index (χ0v) is 18.3. The second kappa shape index (κ2) is 9.16. The molecule has 1 aliphatic carbocycles. The maximum absolute atomic E-state index is 12.9. The second-order valence-corrected chi connectivity index (χ2v) is 7.50. The van der Waals surface area contributed by atoms with Gasteiger partial charge in [0.1, 0.15) is 22.2 Å². The van der Waals surface area contributed by atoms with E-state index in [0.717, 1.165) is 17.0 Å². The number of carbonyl (C=O) groups is 2. The van der Waals surface area contributed by atoms with E-state index in [-0.39, 0.29) is 22.3 Å². The Morgan fingerprint density at radius 2 is 1.47 bits per heavy atom. The van der Waals surface area contributed by atoms with Crippen molar-refractivity contribution in [1.82, 2.24) is 0 Å². The maximum Gasteiger partial charge on any atom is 0.211 e. The standard InChI is InChI=1S/C25H21ClN2O4/c1-31-18-11-9-16(10-12-18)27-14-15-7-8-17(13-21(15)32-2)28-23-22(26)24(29)19-5-3-4-6-20(19)25(23)30/h3-13,27-28H,14H2,1-2H3. The van der Waals surface area contributed by atoms with Crippen molar-refractivity contribution in [3.63, 3.8) is 0 Å². The number of rotatable bonds is 7. The van der Waals surface area contributed by atoms with E-state index >= 15 is 0 Å². The van der Waals surface area contributed by atoms with Gasteiger partial charge < -0.3 is 20.1 Å². The minimum Gasteiger partial charge on any atom is -0.497 e. The average Bonchev–Trinajstić information content (AvgIpc) is 2.84. The number of Topliss-reactive ketones (excluding diaryl/α,β-unsaturated/α-hetero) is 2. The molecule has 32 heavy (non-hydrogen) atoms. The summed E-state index contributed by atoms with van der Waals surface area (Å²) in [5, 5.41) is 6.21. The van der Waals surface area contributed by atoms with Crippen LogP contribution in [0, 0.1) is 0 Å². The maximum atomic E-state index is 12.9. The molecule has 0 heterocycles. The Hall–Kier alpha value is -3.77. The van der Waals surface area contributed by atoms with E-state index in [4.69, 9.17) is 21.1 Å². The first-order chi connectivity index (χ1) is 15.5. The lowest BCUT2D eigenvalue weighted by Gasteiger charge is -2.19. The summed E-state index contributed by atoms with van der Waals surface area (Å²) >= 11 is 6.25. The number of ketones is 2. The van der Waals surface area contributed by atoms with Gasteiger partial charge in [0.15, 0.2) is 0 Å². The van der Waals surface area contributed by atoms with Crippen molar-refractivity contribution < 1.29 is 19.1 Å². The van der Waals surface area contributed by atoms with Crippen LogP contribution < -0.4 is 20.1 Å². The minimum atomic E-state index is -0.378. The third-order valence-electron chi connectivity index (χ3n) is 5.19. The fourth-order valence-electron chi connectivity index (χ4n) is 3.48. The Morgan fingerprint density at radius 3 is 2.12 bits per heavy atom. The lowest BCUT2D eigenvalue weighted by molar-refractivity contribution is 0.0982. The third kappa shape index (κ3) is 4.18. The van der Waals surface area contributed by atoms with Gasteiger partial charge in [-0.3, -0.25) is 9.59 Å². The van der Waals surface area contributed by atoms with Gasteiger partial charge in [0, 0.05) is 40.7 Å². The third-order valence-corrected chi connectivity index (χ3v) is 5.55. The smallest absolute Gasteiger partial charge is 0.211 e. The molecule has 1 aliphatic rings. The molecular formula is C25H21ClN2O4. The quantitative estimate of drug-likeness (QED) is 0.513. The summed E-state index contributed by atoms with van der Waals surface area (Å²) in [5.41, 5.74) is 3.15. The summed E-state index contributed by atoms with van der Waals surface area (Å²) in [7, 11) is 3.20. The van der Waals surface area contributed by atoms with Gasteiger partial charge in [-0.05, 0) is 30.3 Å². The lowest BCUT2D eigenvalue weighted by atomic mass is 9.92. The number of allylic oxidation sites excluding steroid dienone is 2. The molecule has 2 N–H and O–H groups in total. The summed E-state index contributed by atoms with van der Waals surface area (Å²) in [6, 6.07) is 19.7. The Balaban J connectivity index is 1.53. The number of halogens is 1. The second-order valence-electron chi connectivity index (χ2n) is 7.13. The number of benzene rings is 3. The molecule has 3 aromatic carbocycles. The summed E-state index contributed by atoms with van der Waals surface area (Å²) in [4.78, 5) is 25.5. The highest BCUT2D eigenvalue weighted by Gasteiger charge is 2.31. The number of hydrogen-bond acceptors (Lipinski definition) is 6. The fraction of sp³-hybridized carbons (Fsp3) is 0.120. The van der Waals surface area contributed by atoms with Crippen LogP contribution in [0.4, 0.5) is 11.4 Å². The average molecular weight is 449 g/mol. The minimum absolute atomic E-state index is 0.0570. The monoisotopic (exact) mass is 448 g/mol. The molecule has 0 radical (unpaired) electrons. The van der Waals surface area contributed by atoms with Crippen LogP contribution in [-0.4, -0.2) is 25.8 Å². The first-order valence-electron chi connectivity index (χ1n) is 9.92. The van der Waals surface area contributed by atoms with E-state index in [1.165, 1.54) is 0 Å². The van der Waals surface area contributed by atoms with Crippen LogP contribution in [0.15, 0.2) is 77.5 Å². The molecule has 0 unspecified atom stereocenters. The highest BCUT2D eigenvalue weighted by Crippen LogP contribution is 2.31. The molecule has 0 saturated carbocycles. The first-order valence-corrected chi connectivity index (χ1v) is 10.3. The van der Waals surface area contributed by atoms with Gasteiger partial charge in [-0.15, -0.1) is 0 Å². The number of anilines is 2. The van der Waals surface area contributed by atoms with E-state index in [0.29, 0.717) is 29.1 Å². The Bertz CT molecular complexity index is 1220. The van der Waals surface area contributed by atoms with Crippen LogP contribution in [0.5, 0.6) is 11.5 Å². The SMILES string of the molecule is COc1ccc(NCc2ccc(NC3=C(Cl)C(=O)c4ccccc4C3=O)cc2OC)cc1. The normalized spacial score (nSPS) is 13.0. The summed E-state index contributed by atoms with van der Waals surface area (Å²) in [6.07, 6.45) is 0. The molecule has 0 bridgehead atoms. The van der Waals surface area contributed by atoms with Crippen LogP contribution in [0.25, 0.3) is 0 Å². The van der Waals surface area contributed by atoms with Crippen molar-refractivity contribution in [2.75, 3.05) is 24.9 Å². The van der Waals surface area contributed by atoms with Gasteiger partial charge in [-0.2, -0.15) is 0 Å². The van der Waals surface area contributed by atoms with Gasteiger partial charge in [0.2, 0.25) is 11.6 Å². The lowest BCUT2D eigenvalue weighted by Crippen LogP contribution is -2.24. The molecule has 6 nitrogen and oxygen atoms in total. The molecule has 0 aliphatic heterocycles. The van der Waals surface area contributed by atoms with E-state index < -0.39 is 0 Å². The number of fused-ring (bicyclic) bond motifs is 1. The molecule has 0 aromatic heterocycles. The zero-order chi connectivity index (χ0) is 22.7. The summed E-state index contributed by atoms with van der Waals surface area (Å²) in [5.74, 6) is 0.712. The number of methoxy groups -OCH3 is 2. The highest BCUT2D eigenvalue weighted by atomic mass is 35.5. The van der Waals surface area contributed by atoms with Crippen molar-refractivity contribution in [1.29, 1.82) is 0 Å². The molecule has 0 atom stereocenters. The van der Waals surface area contributed by atoms with Crippen molar-refractivity contribution in [2.45, 2.75) is 6.54 Å². The number of hydrogen-bond donors (Lipinski definition) is 2. The Kier molecular flexibility index (Phi) is 6.14. The molecule has 162 valence electrons. The largest absolute Gasteiger partial charge is 0.497 e. The van der Waals surface area contributed by atoms with Gasteiger partial charge in [-0.25, -0.2) is 0 Å². The van der Waals surface area contributed by atoms with Crippen LogP contribution >= 0.6 is 11.6 Å². The van der Waals surface area contributed by atoms with E-state index in [1.807, 2.05) is 36.4 Å². The zero-order valence-electron chi connectivity index (χ0n) is 17.6. The van der Waals surface area contributed by atoms with Crippen LogP contribution in [0.2, 0.25) is 0 Å². The molecule has 0 spiro atoms. The molecule has 3 aromatic rings. The van der Waals surface area contributed by atoms with Crippen LogP contribution in [-0.2, 0) is 6.54 Å². The van der Waals surface area contributed by atoms with E-state index in [2.05, 4.69) is 10.6 Å². The van der Waals surface area contributed by atoms with E-state index in [9.17, 15) is 9.59 Å². The van der Waals surface area contributed by atoms with Crippen molar-refractivity contribution >= 4 is 34.5 Å². The van der Waals surface area contributed by atoms with Gasteiger partial charge in [0.25, 0.3) is 0 Å². The fourth-order valence-corrected chi connectivity index (χ4v) is 3.71. The topological polar surface area (TPSA) is 76.7 Å². The van der Waals surface area contributed by atoms with Gasteiger partial charge >= 0.3 is 0 Å². The molecule has 7 heteroatoms. The van der Waals surface area contributed by atoms with Crippen LogP contribution in [0.3, 0.4) is 0 Å². The summed E-state index contributed by atoms with van der Waals surface area (Å²) < 4.78 is 10.7. The van der Waals surface area contributed by atoms with Crippen molar-refractivity contribution in [3.8, 4) is 11.5 Å². The molecule has 4 rings (SSSR count). The molecular weight excluding hydrogens is 428 g/mol. The van der Waals surface area contributed by atoms with Gasteiger partial charge in [0.05, 0.1) is 14.2 Å². The molecule has 0 fully saturated rings. The summed E-state index contributed by atoms with van der Waals surface area (Å²) in [6.45, 7) is 0.532. The number of carbonyl (C=O) groups excluding carboxylic acids is 2. The number of nitrogens with one attached hydrogen (secondary N) is 2. The van der Waals surface area contributed by atoms with E-state index in [1.54, 1.807) is 44.6 Å². The number of ether oxygens (including phenoxy) is 2. The highest BCUT2D eigenvalue weighted by molar-refractivity contribution is 6.50. The van der Waals surface area contributed by atoms with Gasteiger partial charge in [-0.1, -0.05) is 41.9 Å². The predicted octanol–water partition coefficient (Wildman–Crippen LogP) is 5.26. The Morgan fingerprint density at radius 1 is 0.812 bits per heavy atom.